The van der Waals surface area contributed by atoms with Crippen molar-refractivity contribution in [3.05, 3.63) is 71.8 Å². The molecule has 2 aliphatic rings. The second-order valence-electron chi connectivity index (χ2n) is 8.23. The maximum absolute atomic E-state index is 13.3. The van der Waals surface area contributed by atoms with Gasteiger partial charge in [-0.2, -0.15) is 20.0 Å². The topological polar surface area (TPSA) is 84.7 Å². The number of carbonyl (C=O) groups is 1. The van der Waals surface area contributed by atoms with Crippen LogP contribution in [0.2, 0.25) is 0 Å². The largest absolute Gasteiger partial charge is 0.424 e. The van der Waals surface area contributed by atoms with E-state index in [4.69, 9.17) is 11.0 Å². The minimum atomic E-state index is 0.00684. The predicted octanol–water partition coefficient (Wildman–Crippen LogP) is 3.17. The van der Waals surface area contributed by atoms with E-state index in [0.717, 1.165) is 13.1 Å². The Kier molecular flexibility index (Phi) is 4.18. The first kappa shape index (κ1) is 18.6. The molecule has 1 amide bonds. The normalized spacial score (nSPS) is 20.0. The summed E-state index contributed by atoms with van der Waals surface area (Å²) < 4.78 is 5.93. The molecule has 0 N–H and O–H groups in total. The summed E-state index contributed by atoms with van der Waals surface area (Å²) in [6.07, 6.45) is 3.20. The van der Waals surface area contributed by atoms with E-state index in [1.807, 2.05) is 29.2 Å². The molecule has 4 aromatic rings. The van der Waals surface area contributed by atoms with Gasteiger partial charge in [0.15, 0.2) is 11.3 Å². The van der Waals surface area contributed by atoms with Gasteiger partial charge in [-0.3, -0.25) is 4.79 Å². The summed E-state index contributed by atoms with van der Waals surface area (Å²) in [6, 6.07) is 13.3. The van der Waals surface area contributed by atoms with Gasteiger partial charge < -0.3 is 14.2 Å². The van der Waals surface area contributed by atoms with Gasteiger partial charge in [0.25, 0.3) is 11.9 Å². The number of aromatic nitrogens is 4. The van der Waals surface area contributed by atoms with E-state index in [-0.39, 0.29) is 5.91 Å². The molecule has 0 aliphatic carbocycles. The number of benzene rings is 2. The highest BCUT2D eigenvalue weighted by Crippen LogP contribution is 2.36. The standard InChI is InChI=1S/C23H19N7O2/c1-24-17-6-7-21-19(10-17)27-23(32-21)29-13-15-11-28(12-16(15)14-29)22(31)18-4-2-3-5-20(18)30-25-8-9-26-30/h2-10,15-16H,11-14H2. The average Bonchev–Trinajstić information content (AvgIpc) is 3.60. The molecule has 2 atom stereocenters. The fourth-order valence-corrected chi connectivity index (χ4v) is 4.76. The molecule has 2 fully saturated rings. The van der Waals surface area contributed by atoms with Crippen molar-refractivity contribution in [3.63, 3.8) is 0 Å². The fraction of sp³-hybridized carbons (Fsp3) is 0.261. The van der Waals surface area contributed by atoms with Gasteiger partial charge in [-0.1, -0.05) is 18.2 Å². The highest BCUT2D eigenvalue weighted by Gasteiger charge is 2.43. The van der Waals surface area contributed by atoms with Crippen LogP contribution < -0.4 is 4.90 Å². The molecule has 4 heterocycles. The number of hydrogen-bond acceptors (Lipinski definition) is 6. The molecule has 2 aliphatic heterocycles. The number of fused-ring (bicyclic) bond motifs is 2. The molecule has 2 saturated heterocycles. The van der Waals surface area contributed by atoms with Crippen LogP contribution >= 0.6 is 0 Å². The van der Waals surface area contributed by atoms with Gasteiger partial charge in [0, 0.05) is 38.0 Å². The Hall–Kier alpha value is -4.19. The Bertz CT molecular complexity index is 1340. The highest BCUT2D eigenvalue weighted by molar-refractivity contribution is 5.98. The zero-order valence-electron chi connectivity index (χ0n) is 17.1. The molecule has 2 aromatic heterocycles. The number of hydrogen-bond donors (Lipinski definition) is 0. The van der Waals surface area contributed by atoms with E-state index in [9.17, 15) is 4.79 Å². The van der Waals surface area contributed by atoms with Gasteiger partial charge in [-0.25, -0.2) is 4.85 Å². The van der Waals surface area contributed by atoms with Gasteiger partial charge in [-0.15, -0.1) is 0 Å². The van der Waals surface area contributed by atoms with E-state index < -0.39 is 0 Å². The van der Waals surface area contributed by atoms with Crippen molar-refractivity contribution in [3.8, 4) is 5.69 Å². The number of amides is 1. The fourth-order valence-electron chi connectivity index (χ4n) is 4.76. The Morgan fingerprint density at radius 3 is 2.53 bits per heavy atom. The molecule has 0 spiro atoms. The Morgan fingerprint density at radius 2 is 1.78 bits per heavy atom. The van der Waals surface area contributed by atoms with Crippen molar-refractivity contribution in [1.29, 1.82) is 0 Å². The molecular weight excluding hydrogens is 406 g/mol. The lowest BCUT2D eigenvalue weighted by molar-refractivity contribution is 0.0782. The van der Waals surface area contributed by atoms with Crippen molar-refractivity contribution < 1.29 is 9.21 Å². The first-order valence-corrected chi connectivity index (χ1v) is 10.5. The van der Waals surface area contributed by atoms with E-state index >= 15 is 0 Å². The third kappa shape index (κ3) is 3.00. The van der Waals surface area contributed by atoms with Gasteiger partial charge in [0.1, 0.15) is 5.52 Å². The third-order valence-corrected chi connectivity index (χ3v) is 6.30. The minimum Gasteiger partial charge on any atom is -0.424 e. The monoisotopic (exact) mass is 425 g/mol. The molecule has 9 heteroatoms. The summed E-state index contributed by atoms with van der Waals surface area (Å²) in [4.78, 5) is 26.9. The van der Waals surface area contributed by atoms with E-state index in [1.165, 1.54) is 4.80 Å². The maximum atomic E-state index is 13.3. The lowest BCUT2D eigenvalue weighted by Crippen LogP contribution is -2.34. The van der Waals surface area contributed by atoms with Crippen molar-refractivity contribution in [2.24, 2.45) is 11.8 Å². The van der Waals surface area contributed by atoms with E-state index in [2.05, 4.69) is 24.9 Å². The van der Waals surface area contributed by atoms with Gasteiger partial charge in [0.2, 0.25) is 0 Å². The number of carbonyl (C=O) groups excluding carboxylic acids is 1. The van der Waals surface area contributed by atoms with Gasteiger partial charge in [-0.05, 0) is 24.3 Å². The van der Waals surface area contributed by atoms with Gasteiger partial charge >= 0.3 is 0 Å². The summed E-state index contributed by atoms with van der Waals surface area (Å²) in [5.74, 6) is 0.734. The molecule has 32 heavy (non-hydrogen) atoms. The van der Waals surface area contributed by atoms with Crippen molar-refractivity contribution in [1.82, 2.24) is 24.9 Å². The smallest absolute Gasteiger partial charge is 0.298 e. The Labute approximate surface area is 183 Å². The highest BCUT2D eigenvalue weighted by atomic mass is 16.4. The van der Waals surface area contributed by atoms with Crippen LogP contribution in [0.25, 0.3) is 21.6 Å². The zero-order chi connectivity index (χ0) is 21.7. The molecule has 0 bridgehead atoms. The quantitative estimate of drug-likeness (QED) is 0.469. The second kappa shape index (κ2) is 7.20. The molecule has 0 saturated carbocycles. The molecular formula is C23H19N7O2. The van der Waals surface area contributed by atoms with Crippen LogP contribution in [0.4, 0.5) is 11.7 Å². The number of oxazole rings is 1. The summed E-state index contributed by atoms with van der Waals surface area (Å²) in [7, 11) is 0. The van der Waals surface area contributed by atoms with E-state index in [0.29, 0.717) is 59.0 Å². The molecule has 0 radical (unpaired) electrons. The zero-order valence-corrected chi connectivity index (χ0v) is 17.1. The lowest BCUT2D eigenvalue weighted by Gasteiger charge is -2.21. The van der Waals surface area contributed by atoms with Crippen molar-refractivity contribution in [2.45, 2.75) is 0 Å². The summed E-state index contributed by atoms with van der Waals surface area (Å²) in [5.41, 5.74) is 3.23. The first-order valence-electron chi connectivity index (χ1n) is 10.5. The maximum Gasteiger partial charge on any atom is 0.298 e. The van der Waals surface area contributed by atoms with Crippen molar-refractivity contribution >= 4 is 28.7 Å². The lowest BCUT2D eigenvalue weighted by atomic mass is 10.0. The van der Waals surface area contributed by atoms with E-state index in [1.54, 1.807) is 30.6 Å². The molecule has 2 unspecified atom stereocenters. The van der Waals surface area contributed by atoms with Crippen LogP contribution in [0.5, 0.6) is 0 Å². The number of anilines is 1. The van der Waals surface area contributed by atoms with Crippen LogP contribution in [0.1, 0.15) is 10.4 Å². The Morgan fingerprint density at radius 1 is 1.03 bits per heavy atom. The molecule has 158 valence electrons. The SMILES string of the molecule is [C-]#[N+]c1ccc2oc(N3CC4CN(C(=O)c5ccccc5-n5nccn5)CC4C3)nc2c1. The first-order chi connectivity index (χ1) is 15.7. The van der Waals surface area contributed by atoms with Gasteiger partial charge in [0.05, 0.1) is 30.2 Å². The molecule has 2 aromatic carbocycles. The summed E-state index contributed by atoms with van der Waals surface area (Å²) in [6.45, 7) is 10.1. The summed E-state index contributed by atoms with van der Waals surface area (Å²) in [5, 5.41) is 8.36. The van der Waals surface area contributed by atoms with Crippen LogP contribution in [0.15, 0.2) is 59.3 Å². The number of likely N-dealkylation sites (tertiary alicyclic amines) is 1. The number of para-hydroxylation sites is 1. The summed E-state index contributed by atoms with van der Waals surface area (Å²) >= 11 is 0. The predicted molar refractivity (Wildman–Crippen MR) is 117 cm³/mol. The molecule has 9 nitrogen and oxygen atoms in total. The molecule has 6 rings (SSSR count). The average molecular weight is 425 g/mol. The van der Waals surface area contributed by atoms with Crippen LogP contribution in [-0.2, 0) is 0 Å². The minimum absolute atomic E-state index is 0.00684. The van der Waals surface area contributed by atoms with Crippen LogP contribution in [0.3, 0.4) is 0 Å². The number of rotatable bonds is 3. The Balaban J connectivity index is 1.18. The number of nitrogens with zero attached hydrogens (tertiary/aromatic N) is 7. The second-order valence-corrected chi connectivity index (χ2v) is 8.23. The van der Waals surface area contributed by atoms with Crippen LogP contribution in [-0.4, -0.2) is 57.0 Å². The van der Waals surface area contributed by atoms with Crippen LogP contribution in [0, 0.1) is 18.4 Å². The third-order valence-electron chi connectivity index (χ3n) is 6.30. The van der Waals surface area contributed by atoms with Crippen molar-refractivity contribution in [2.75, 3.05) is 31.1 Å².